The van der Waals surface area contributed by atoms with Crippen LogP contribution < -0.4 is 5.73 Å². The minimum Gasteiger partial charge on any atom is -0.341 e. The summed E-state index contributed by atoms with van der Waals surface area (Å²) in [5, 5.41) is 0. The van der Waals surface area contributed by atoms with Crippen molar-refractivity contribution in [2.45, 2.75) is 18.9 Å². The van der Waals surface area contributed by atoms with Gasteiger partial charge in [0.1, 0.15) is 11.6 Å². The predicted molar refractivity (Wildman–Crippen MR) is 66.5 cm³/mol. The van der Waals surface area contributed by atoms with Crippen molar-refractivity contribution in [2.75, 3.05) is 13.1 Å². The van der Waals surface area contributed by atoms with Gasteiger partial charge in [0.05, 0.1) is 6.42 Å². The van der Waals surface area contributed by atoms with Crippen molar-refractivity contribution in [1.82, 2.24) is 4.90 Å². The van der Waals surface area contributed by atoms with E-state index in [-0.39, 0.29) is 30.8 Å². The smallest absolute Gasteiger partial charge is 0.227 e. The van der Waals surface area contributed by atoms with Crippen molar-refractivity contribution in [2.24, 2.45) is 5.73 Å². The van der Waals surface area contributed by atoms with E-state index >= 15 is 0 Å². The lowest BCUT2D eigenvalue weighted by atomic mass is 10.1. The van der Waals surface area contributed by atoms with Crippen LogP contribution in [0.25, 0.3) is 0 Å². The van der Waals surface area contributed by atoms with Gasteiger partial charge >= 0.3 is 0 Å². The lowest BCUT2D eigenvalue weighted by Gasteiger charge is -2.15. The Morgan fingerprint density at radius 2 is 1.94 bits per heavy atom. The van der Waals surface area contributed by atoms with Gasteiger partial charge in [-0.05, 0) is 24.1 Å². The molecule has 3 nitrogen and oxygen atoms in total. The lowest BCUT2D eigenvalue weighted by molar-refractivity contribution is -0.129. The maximum Gasteiger partial charge on any atom is 0.227 e. The second-order valence-electron chi connectivity index (χ2n) is 4.34. The van der Waals surface area contributed by atoms with E-state index in [1.54, 1.807) is 4.90 Å². The molecule has 0 spiro atoms. The molecule has 1 atom stereocenters. The normalized spacial score (nSPS) is 18.6. The predicted octanol–water partition coefficient (Wildman–Crippen LogP) is 1.49. The number of halogens is 3. The summed E-state index contributed by atoms with van der Waals surface area (Å²) in [5.41, 5.74) is 6.05. The minimum absolute atomic E-state index is 0. The number of nitrogens with zero attached hydrogens (tertiary/aromatic N) is 1. The SMILES string of the molecule is Cl.NC1CCN(C(=O)Cc2cc(F)cc(F)c2)C1. The molecule has 1 heterocycles. The van der Waals surface area contributed by atoms with Crippen LogP contribution >= 0.6 is 12.4 Å². The number of amides is 1. The third kappa shape index (κ3) is 3.65. The number of carbonyl (C=O) groups excluding carboxylic acids is 1. The molecule has 1 amide bonds. The Morgan fingerprint density at radius 1 is 1.33 bits per heavy atom. The average molecular weight is 277 g/mol. The number of likely N-dealkylation sites (tertiary alicyclic amines) is 1. The van der Waals surface area contributed by atoms with Gasteiger partial charge in [-0.25, -0.2) is 8.78 Å². The summed E-state index contributed by atoms with van der Waals surface area (Å²) in [7, 11) is 0. The molecule has 1 fully saturated rings. The Labute approximate surface area is 110 Å². The van der Waals surface area contributed by atoms with E-state index in [1.807, 2.05) is 0 Å². The van der Waals surface area contributed by atoms with Gasteiger partial charge in [0.2, 0.25) is 5.91 Å². The van der Waals surface area contributed by atoms with Gasteiger partial charge in [0.15, 0.2) is 0 Å². The number of hydrogen-bond acceptors (Lipinski definition) is 2. The van der Waals surface area contributed by atoms with Crippen LogP contribution in [0, 0.1) is 11.6 Å². The van der Waals surface area contributed by atoms with E-state index in [9.17, 15) is 13.6 Å². The molecule has 100 valence electrons. The van der Waals surface area contributed by atoms with Crippen molar-refractivity contribution in [1.29, 1.82) is 0 Å². The quantitative estimate of drug-likeness (QED) is 0.890. The molecule has 1 aromatic carbocycles. The van der Waals surface area contributed by atoms with Gasteiger partial charge in [0.25, 0.3) is 0 Å². The molecule has 0 bridgehead atoms. The fraction of sp³-hybridized carbons (Fsp3) is 0.417. The first kappa shape index (κ1) is 14.9. The lowest BCUT2D eigenvalue weighted by Crippen LogP contribution is -2.32. The minimum atomic E-state index is -0.661. The van der Waals surface area contributed by atoms with Crippen LogP contribution in [-0.4, -0.2) is 29.9 Å². The second-order valence-corrected chi connectivity index (χ2v) is 4.34. The molecule has 2 N–H and O–H groups in total. The fourth-order valence-corrected chi connectivity index (χ4v) is 2.01. The van der Waals surface area contributed by atoms with Gasteiger partial charge in [-0.15, -0.1) is 12.4 Å². The maximum absolute atomic E-state index is 12.9. The Balaban J connectivity index is 0.00000162. The summed E-state index contributed by atoms with van der Waals surface area (Å²) in [6.45, 7) is 1.15. The van der Waals surface area contributed by atoms with Crippen molar-refractivity contribution >= 4 is 18.3 Å². The standard InChI is InChI=1S/C12H14F2N2O.ClH/c13-9-3-8(4-10(14)6-9)5-12(17)16-2-1-11(15)7-16;/h3-4,6,11H,1-2,5,7,15H2;1H. The highest BCUT2D eigenvalue weighted by Gasteiger charge is 2.23. The molecule has 18 heavy (non-hydrogen) atoms. The first-order chi connectivity index (χ1) is 8.04. The van der Waals surface area contributed by atoms with E-state index < -0.39 is 11.6 Å². The highest BCUT2D eigenvalue weighted by Crippen LogP contribution is 2.12. The van der Waals surface area contributed by atoms with Crippen molar-refractivity contribution in [3.63, 3.8) is 0 Å². The zero-order chi connectivity index (χ0) is 12.4. The number of benzene rings is 1. The average Bonchev–Trinajstić information content (AvgIpc) is 2.63. The third-order valence-corrected chi connectivity index (χ3v) is 2.86. The molecular weight excluding hydrogens is 262 g/mol. The molecule has 1 aliphatic rings. The summed E-state index contributed by atoms with van der Waals surface area (Å²) in [6.07, 6.45) is 0.796. The van der Waals surface area contributed by atoms with Crippen molar-refractivity contribution in [3.05, 3.63) is 35.4 Å². The largest absolute Gasteiger partial charge is 0.341 e. The first-order valence-corrected chi connectivity index (χ1v) is 5.53. The van der Waals surface area contributed by atoms with Gasteiger partial charge < -0.3 is 10.6 Å². The highest BCUT2D eigenvalue weighted by molar-refractivity contribution is 5.85. The Hall–Kier alpha value is -1.20. The Morgan fingerprint density at radius 3 is 2.44 bits per heavy atom. The Kier molecular flexibility index (Phi) is 5.04. The molecule has 0 aliphatic carbocycles. The summed E-state index contributed by atoms with van der Waals surface area (Å²) in [6, 6.07) is 3.16. The van der Waals surface area contributed by atoms with Crippen LogP contribution in [0.3, 0.4) is 0 Å². The number of nitrogens with two attached hydrogens (primary N) is 1. The molecular formula is C12H15ClF2N2O. The van der Waals surface area contributed by atoms with E-state index in [0.717, 1.165) is 12.5 Å². The fourth-order valence-electron chi connectivity index (χ4n) is 2.01. The molecule has 1 unspecified atom stereocenters. The number of hydrogen-bond donors (Lipinski definition) is 1. The van der Waals surface area contributed by atoms with E-state index in [0.29, 0.717) is 18.7 Å². The van der Waals surface area contributed by atoms with Gasteiger partial charge in [-0.3, -0.25) is 4.79 Å². The third-order valence-electron chi connectivity index (χ3n) is 2.86. The molecule has 6 heteroatoms. The van der Waals surface area contributed by atoms with Gasteiger partial charge in [-0.1, -0.05) is 0 Å². The van der Waals surface area contributed by atoms with E-state index in [1.165, 1.54) is 12.1 Å². The Bertz CT molecular complexity index is 422. The van der Waals surface area contributed by atoms with Crippen molar-refractivity contribution in [3.8, 4) is 0 Å². The molecule has 0 aromatic heterocycles. The van der Waals surface area contributed by atoms with Crippen LogP contribution in [0.2, 0.25) is 0 Å². The second kappa shape index (κ2) is 6.11. The van der Waals surface area contributed by atoms with Crippen LogP contribution in [0.4, 0.5) is 8.78 Å². The molecule has 2 rings (SSSR count). The summed E-state index contributed by atoms with van der Waals surface area (Å²) < 4.78 is 25.9. The molecule has 1 saturated heterocycles. The monoisotopic (exact) mass is 276 g/mol. The number of carbonyl (C=O) groups is 1. The first-order valence-electron chi connectivity index (χ1n) is 5.53. The van der Waals surface area contributed by atoms with E-state index in [2.05, 4.69) is 0 Å². The highest BCUT2D eigenvalue weighted by atomic mass is 35.5. The molecule has 0 saturated carbocycles. The zero-order valence-electron chi connectivity index (χ0n) is 9.73. The van der Waals surface area contributed by atoms with Crippen LogP contribution in [0.15, 0.2) is 18.2 Å². The molecule has 1 aromatic rings. The molecule has 0 radical (unpaired) electrons. The summed E-state index contributed by atoms with van der Waals surface area (Å²) in [4.78, 5) is 13.4. The van der Waals surface area contributed by atoms with Gasteiger partial charge in [-0.2, -0.15) is 0 Å². The molecule has 1 aliphatic heterocycles. The van der Waals surface area contributed by atoms with Crippen LogP contribution in [0.5, 0.6) is 0 Å². The van der Waals surface area contributed by atoms with Crippen molar-refractivity contribution < 1.29 is 13.6 Å². The van der Waals surface area contributed by atoms with E-state index in [4.69, 9.17) is 5.73 Å². The topological polar surface area (TPSA) is 46.3 Å². The van der Waals surface area contributed by atoms with Crippen LogP contribution in [0.1, 0.15) is 12.0 Å². The zero-order valence-corrected chi connectivity index (χ0v) is 10.6. The van der Waals surface area contributed by atoms with Crippen LogP contribution in [-0.2, 0) is 11.2 Å². The summed E-state index contributed by atoms with van der Waals surface area (Å²) >= 11 is 0. The maximum atomic E-state index is 12.9. The van der Waals surface area contributed by atoms with Gasteiger partial charge in [0, 0.05) is 25.2 Å². The number of rotatable bonds is 2. The summed E-state index contributed by atoms with van der Waals surface area (Å²) in [5.74, 6) is -1.46.